The maximum atomic E-state index is 12.7. The number of H-pyrrole nitrogens is 1. The molecule has 27 heavy (non-hydrogen) atoms. The van der Waals surface area contributed by atoms with Gasteiger partial charge in [-0.25, -0.2) is 4.63 Å². The Kier molecular flexibility index (Phi) is 3.87. The molecular formula is C17H10F3N5O2. The predicted octanol–water partition coefficient (Wildman–Crippen LogP) is 3.74. The van der Waals surface area contributed by atoms with Gasteiger partial charge in [-0.3, -0.25) is 9.78 Å². The molecule has 0 saturated carbocycles. The predicted molar refractivity (Wildman–Crippen MR) is 90.4 cm³/mol. The van der Waals surface area contributed by atoms with Gasteiger partial charge in [-0.15, -0.1) is 0 Å². The van der Waals surface area contributed by atoms with Gasteiger partial charge in [0.05, 0.1) is 5.56 Å². The minimum Gasteiger partial charge on any atom is -0.336 e. The normalized spacial score (nSPS) is 11.7. The fourth-order valence-corrected chi connectivity index (χ4v) is 2.51. The first-order chi connectivity index (χ1) is 12.9. The highest BCUT2D eigenvalue weighted by atomic mass is 19.4. The molecule has 0 unspecified atom stereocenters. The highest BCUT2D eigenvalue weighted by Crippen LogP contribution is 2.31. The number of rotatable bonds is 3. The number of nitrogens with zero attached hydrogens (tertiary/aromatic N) is 3. The Morgan fingerprint density at radius 1 is 1.00 bits per heavy atom. The number of benzene rings is 2. The van der Waals surface area contributed by atoms with Crippen molar-refractivity contribution < 1.29 is 17.8 Å². The number of fused-ring (bicyclic) bond motifs is 1. The molecule has 10 heteroatoms. The van der Waals surface area contributed by atoms with Crippen molar-refractivity contribution >= 4 is 22.8 Å². The zero-order chi connectivity index (χ0) is 19.0. The third-order valence-electron chi connectivity index (χ3n) is 3.81. The molecule has 2 heterocycles. The Morgan fingerprint density at radius 2 is 1.78 bits per heavy atom. The van der Waals surface area contributed by atoms with E-state index in [2.05, 4.69) is 30.2 Å². The molecule has 0 atom stereocenters. The van der Waals surface area contributed by atoms with Crippen LogP contribution in [0.4, 0.5) is 24.7 Å². The van der Waals surface area contributed by atoms with Crippen LogP contribution in [-0.4, -0.2) is 20.3 Å². The molecule has 0 fully saturated rings. The van der Waals surface area contributed by atoms with Gasteiger partial charge < -0.3 is 5.32 Å². The minimum atomic E-state index is -4.39. The van der Waals surface area contributed by atoms with E-state index in [9.17, 15) is 18.0 Å². The number of aromatic amines is 1. The van der Waals surface area contributed by atoms with Crippen LogP contribution in [0.5, 0.6) is 0 Å². The van der Waals surface area contributed by atoms with E-state index in [-0.39, 0.29) is 17.1 Å². The monoisotopic (exact) mass is 373 g/mol. The van der Waals surface area contributed by atoms with Gasteiger partial charge in [0, 0.05) is 5.69 Å². The Labute approximate surface area is 148 Å². The minimum absolute atomic E-state index is 0.0113. The second kappa shape index (κ2) is 6.24. The lowest BCUT2D eigenvalue weighted by molar-refractivity contribution is -0.137. The summed E-state index contributed by atoms with van der Waals surface area (Å²) in [5.41, 5.74) is 0.837. The first-order valence-electron chi connectivity index (χ1n) is 7.67. The standard InChI is InChI=1S/C17H10F3N5O2/c18-17(19,20)11-6-4-9(5-7-11)10-2-1-3-12(8-10)21-15-16(26)23-14-13(22-15)24-27-25-14/h1-8H,(H,21,22,24)(H,23,25,26). The summed E-state index contributed by atoms with van der Waals surface area (Å²) in [6.45, 7) is 0. The van der Waals surface area contributed by atoms with Crippen LogP contribution in [0.15, 0.2) is 58.0 Å². The van der Waals surface area contributed by atoms with Crippen molar-refractivity contribution in [1.29, 1.82) is 0 Å². The molecule has 0 bridgehead atoms. The van der Waals surface area contributed by atoms with Crippen molar-refractivity contribution in [1.82, 2.24) is 20.3 Å². The lowest BCUT2D eigenvalue weighted by Crippen LogP contribution is -2.13. The molecule has 0 amide bonds. The summed E-state index contributed by atoms with van der Waals surface area (Å²) in [5, 5.41) is 9.91. The maximum Gasteiger partial charge on any atom is 0.416 e. The van der Waals surface area contributed by atoms with Gasteiger partial charge >= 0.3 is 6.18 Å². The Balaban J connectivity index is 1.64. The van der Waals surface area contributed by atoms with Gasteiger partial charge in [-0.2, -0.15) is 18.2 Å². The summed E-state index contributed by atoms with van der Waals surface area (Å²) < 4.78 is 42.6. The second-order valence-electron chi connectivity index (χ2n) is 5.63. The van der Waals surface area contributed by atoms with E-state index in [0.29, 0.717) is 16.8 Å². The van der Waals surface area contributed by atoms with Gasteiger partial charge in [0.2, 0.25) is 11.3 Å². The lowest BCUT2D eigenvalue weighted by atomic mass is 10.0. The number of hydrogen-bond donors (Lipinski definition) is 2. The molecule has 0 aliphatic carbocycles. The van der Waals surface area contributed by atoms with E-state index in [0.717, 1.165) is 12.1 Å². The van der Waals surface area contributed by atoms with E-state index in [4.69, 9.17) is 0 Å². The summed E-state index contributed by atoms with van der Waals surface area (Å²) >= 11 is 0. The number of nitrogens with one attached hydrogen (secondary N) is 2. The van der Waals surface area contributed by atoms with E-state index in [1.54, 1.807) is 24.3 Å². The quantitative estimate of drug-likeness (QED) is 0.568. The van der Waals surface area contributed by atoms with Crippen LogP contribution in [0.25, 0.3) is 22.4 Å². The molecule has 7 nitrogen and oxygen atoms in total. The molecule has 136 valence electrons. The lowest BCUT2D eigenvalue weighted by Gasteiger charge is -2.09. The van der Waals surface area contributed by atoms with E-state index < -0.39 is 17.3 Å². The maximum absolute atomic E-state index is 12.7. The fraction of sp³-hybridized carbons (Fsp3) is 0.0588. The van der Waals surface area contributed by atoms with Crippen LogP contribution in [0.1, 0.15) is 5.56 Å². The largest absolute Gasteiger partial charge is 0.416 e. The first-order valence-corrected chi connectivity index (χ1v) is 7.67. The summed E-state index contributed by atoms with van der Waals surface area (Å²) in [6, 6.07) is 11.7. The molecule has 0 aliphatic rings. The Morgan fingerprint density at radius 3 is 2.52 bits per heavy atom. The van der Waals surface area contributed by atoms with E-state index in [1.807, 2.05) is 0 Å². The number of aromatic nitrogens is 4. The average molecular weight is 373 g/mol. The SMILES string of the molecule is O=c1[nH]c2nonc2nc1Nc1cccc(-c2ccc(C(F)(F)F)cc2)c1. The zero-order valence-electron chi connectivity index (χ0n) is 13.4. The topological polar surface area (TPSA) is 96.7 Å². The Hall–Kier alpha value is -3.69. The molecule has 0 aliphatic heterocycles. The van der Waals surface area contributed by atoms with Crippen LogP contribution < -0.4 is 10.9 Å². The van der Waals surface area contributed by atoms with Crippen molar-refractivity contribution in [2.45, 2.75) is 6.18 Å². The zero-order valence-corrected chi connectivity index (χ0v) is 13.4. The number of alkyl halides is 3. The van der Waals surface area contributed by atoms with Gasteiger partial charge in [-0.1, -0.05) is 24.3 Å². The smallest absolute Gasteiger partial charge is 0.336 e. The summed E-state index contributed by atoms with van der Waals surface area (Å²) in [7, 11) is 0. The van der Waals surface area contributed by atoms with Crippen molar-refractivity contribution in [2.75, 3.05) is 5.32 Å². The average Bonchev–Trinajstić information content (AvgIpc) is 3.09. The number of hydrogen-bond acceptors (Lipinski definition) is 6. The summed E-state index contributed by atoms with van der Waals surface area (Å²) in [4.78, 5) is 18.5. The Bertz CT molecular complexity index is 1170. The van der Waals surface area contributed by atoms with Crippen molar-refractivity contribution in [3.8, 4) is 11.1 Å². The molecule has 4 aromatic rings. The van der Waals surface area contributed by atoms with Crippen molar-refractivity contribution in [3.05, 3.63) is 64.4 Å². The van der Waals surface area contributed by atoms with Crippen LogP contribution in [0.2, 0.25) is 0 Å². The summed E-state index contributed by atoms with van der Waals surface area (Å²) in [6.07, 6.45) is -4.39. The van der Waals surface area contributed by atoms with Crippen LogP contribution in [-0.2, 0) is 6.18 Å². The highest BCUT2D eigenvalue weighted by Gasteiger charge is 2.29. The van der Waals surface area contributed by atoms with Crippen molar-refractivity contribution in [3.63, 3.8) is 0 Å². The van der Waals surface area contributed by atoms with Crippen LogP contribution in [0, 0.1) is 0 Å². The third-order valence-corrected chi connectivity index (χ3v) is 3.81. The molecule has 4 rings (SSSR count). The summed E-state index contributed by atoms with van der Waals surface area (Å²) in [5.74, 6) is -0.0113. The molecule has 2 aromatic heterocycles. The van der Waals surface area contributed by atoms with Crippen molar-refractivity contribution in [2.24, 2.45) is 0 Å². The van der Waals surface area contributed by atoms with Crippen LogP contribution >= 0.6 is 0 Å². The van der Waals surface area contributed by atoms with Gasteiger partial charge in [0.15, 0.2) is 5.82 Å². The fourth-order valence-electron chi connectivity index (χ4n) is 2.51. The molecule has 2 N–H and O–H groups in total. The molecule has 2 aromatic carbocycles. The molecule has 0 saturated heterocycles. The number of anilines is 2. The third kappa shape index (κ3) is 3.36. The molecular weight excluding hydrogens is 363 g/mol. The second-order valence-corrected chi connectivity index (χ2v) is 5.63. The first kappa shape index (κ1) is 16.8. The molecule has 0 radical (unpaired) electrons. The van der Waals surface area contributed by atoms with Gasteiger partial charge in [0.25, 0.3) is 5.56 Å². The molecule has 0 spiro atoms. The van der Waals surface area contributed by atoms with Crippen LogP contribution in [0.3, 0.4) is 0 Å². The van der Waals surface area contributed by atoms with E-state index >= 15 is 0 Å². The van der Waals surface area contributed by atoms with Gasteiger partial charge in [0.1, 0.15) is 0 Å². The highest BCUT2D eigenvalue weighted by molar-refractivity contribution is 5.72. The van der Waals surface area contributed by atoms with E-state index in [1.165, 1.54) is 12.1 Å². The van der Waals surface area contributed by atoms with Gasteiger partial charge in [-0.05, 0) is 45.7 Å². The number of halogens is 3.